The summed E-state index contributed by atoms with van der Waals surface area (Å²) in [7, 11) is 0. The SMILES string of the molecule is Cc1c(-c2ccccc2)nc2cccc(F)c2c1C(=O)NNc1ccccc1. The maximum Gasteiger partial charge on any atom is 0.270 e. The van der Waals surface area contributed by atoms with Gasteiger partial charge in [0.2, 0.25) is 0 Å². The number of hydrazine groups is 1. The molecule has 0 aliphatic rings. The predicted molar refractivity (Wildman–Crippen MR) is 109 cm³/mol. The lowest BCUT2D eigenvalue weighted by Crippen LogP contribution is -2.30. The summed E-state index contributed by atoms with van der Waals surface area (Å²) in [5, 5.41) is 0.215. The summed E-state index contributed by atoms with van der Waals surface area (Å²) in [6, 6.07) is 23.5. The van der Waals surface area contributed by atoms with Gasteiger partial charge < -0.3 is 0 Å². The first-order valence-electron chi connectivity index (χ1n) is 8.91. The van der Waals surface area contributed by atoms with Crippen molar-refractivity contribution in [2.45, 2.75) is 6.92 Å². The second-order valence-corrected chi connectivity index (χ2v) is 6.41. The largest absolute Gasteiger partial charge is 0.298 e. The monoisotopic (exact) mass is 371 g/mol. The quantitative estimate of drug-likeness (QED) is 0.490. The molecule has 0 radical (unpaired) electrons. The van der Waals surface area contributed by atoms with E-state index in [1.807, 2.05) is 60.7 Å². The van der Waals surface area contributed by atoms with Gasteiger partial charge in [-0.1, -0.05) is 54.6 Å². The predicted octanol–water partition coefficient (Wildman–Crippen LogP) is 5.11. The molecule has 0 unspecified atom stereocenters. The molecule has 0 spiro atoms. The number of aromatic nitrogens is 1. The van der Waals surface area contributed by atoms with Crippen molar-refractivity contribution in [2.75, 3.05) is 5.43 Å². The highest BCUT2D eigenvalue weighted by atomic mass is 19.1. The lowest BCUT2D eigenvalue weighted by Gasteiger charge is -2.16. The fourth-order valence-corrected chi connectivity index (χ4v) is 3.24. The highest BCUT2D eigenvalue weighted by Gasteiger charge is 2.21. The zero-order valence-corrected chi connectivity index (χ0v) is 15.2. The number of benzene rings is 3. The van der Waals surface area contributed by atoms with Crippen molar-refractivity contribution < 1.29 is 9.18 Å². The summed E-state index contributed by atoms with van der Waals surface area (Å²) in [5.74, 6) is -0.895. The lowest BCUT2D eigenvalue weighted by atomic mass is 9.97. The zero-order valence-electron chi connectivity index (χ0n) is 15.2. The molecule has 0 fully saturated rings. The number of nitrogens with zero attached hydrogens (tertiary/aromatic N) is 1. The molecular weight excluding hydrogens is 353 g/mol. The number of anilines is 1. The average molecular weight is 371 g/mol. The van der Waals surface area contributed by atoms with Gasteiger partial charge in [-0.3, -0.25) is 15.6 Å². The van der Waals surface area contributed by atoms with Crippen LogP contribution in [-0.2, 0) is 0 Å². The molecule has 0 atom stereocenters. The van der Waals surface area contributed by atoms with E-state index in [0.717, 1.165) is 11.3 Å². The molecule has 0 saturated carbocycles. The molecule has 0 aliphatic heterocycles. The Morgan fingerprint density at radius 2 is 1.57 bits per heavy atom. The van der Waals surface area contributed by atoms with Gasteiger partial charge in [0.15, 0.2) is 0 Å². The number of carbonyl (C=O) groups excluding carboxylic acids is 1. The minimum Gasteiger partial charge on any atom is -0.298 e. The van der Waals surface area contributed by atoms with E-state index < -0.39 is 11.7 Å². The van der Waals surface area contributed by atoms with Gasteiger partial charge in [-0.15, -0.1) is 0 Å². The van der Waals surface area contributed by atoms with Crippen LogP contribution in [0.15, 0.2) is 78.9 Å². The Labute approximate surface area is 162 Å². The standard InChI is InChI=1S/C23H18FN3O/c1-15-20(23(28)27-26-17-11-6-3-7-12-17)21-18(24)13-8-14-19(21)25-22(15)16-9-4-2-5-10-16/h2-14,26H,1H3,(H,27,28). The first-order chi connectivity index (χ1) is 13.6. The van der Waals surface area contributed by atoms with Crippen LogP contribution in [0.2, 0.25) is 0 Å². The van der Waals surface area contributed by atoms with E-state index in [-0.39, 0.29) is 10.9 Å². The minimum absolute atomic E-state index is 0.215. The van der Waals surface area contributed by atoms with E-state index >= 15 is 0 Å². The van der Waals surface area contributed by atoms with Crippen LogP contribution in [0.4, 0.5) is 10.1 Å². The number of para-hydroxylation sites is 1. The number of hydrogen-bond acceptors (Lipinski definition) is 3. The van der Waals surface area contributed by atoms with E-state index in [0.29, 0.717) is 16.8 Å². The molecule has 4 nitrogen and oxygen atoms in total. The minimum atomic E-state index is -0.474. The van der Waals surface area contributed by atoms with Gasteiger partial charge >= 0.3 is 0 Å². The Kier molecular flexibility index (Phi) is 4.72. The van der Waals surface area contributed by atoms with Crippen molar-refractivity contribution >= 4 is 22.5 Å². The number of halogens is 1. The summed E-state index contributed by atoms with van der Waals surface area (Å²) >= 11 is 0. The molecule has 28 heavy (non-hydrogen) atoms. The zero-order chi connectivity index (χ0) is 19.5. The van der Waals surface area contributed by atoms with Crippen molar-refractivity contribution in [1.29, 1.82) is 0 Å². The van der Waals surface area contributed by atoms with Gasteiger partial charge in [0.05, 0.1) is 22.5 Å². The third kappa shape index (κ3) is 3.30. The highest BCUT2D eigenvalue weighted by Crippen LogP contribution is 2.31. The molecule has 4 rings (SSSR count). The van der Waals surface area contributed by atoms with Crippen LogP contribution in [0.25, 0.3) is 22.2 Å². The fraction of sp³-hybridized carbons (Fsp3) is 0.0435. The Hall–Kier alpha value is -3.73. The Morgan fingerprint density at radius 3 is 2.29 bits per heavy atom. The molecule has 0 aliphatic carbocycles. The van der Waals surface area contributed by atoms with Gasteiger partial charge in [-0.2, -0.15) is 0 Å². The molecular formula is C23H18FN3O. The molecule has 4 aromatic rings. The van der Waals surface area contributed by atoms with Crippen LogP contribution in [0.5, 0.6) is 0 Å². The molecule has 138 valence electrons. The van der Waals surface area contributed by atoms with Crippen LogP contribution in [-0.4, -0.2) is 10.9 Å². The topological polar surface area (TPSA) is 54.0 Å². The molecule has 1 amide bonds. The van der Waals surface area contributed by atoms with E-state index in [4.69, 9.17) is 0 Å². The summed E-state index contributed by atoms with van der Waals surface area (Å²) in [4.78, 5) is 17.6. The van der Waals surface area contributed by atoms with Crippen LogP contribution < -0.4 is 10.9 Å². The second kappa shape index (κ2) is 7.48. The summed E-state index contributed by atoms with van der Waals surface area (Å²) in [5.41, 5.74) is 9.13. The Morgan fingerprint density at radius 1 is 0.893 bits per heavy atom. The number of pyridine rings is 1. The fourth-order valence-electron chi connectivity index (χ4n) is 3.24. The highest BCUT2D eigenvalue weighted by molar-refractivity contribution is 6.09. The van der Waals surface area contributed by atoms with Crippen molar-refractivity contribution in [3.8, 4) is 11.3 Å². The molecule has 5 heteroatoms. The smallest absolute Gasteiger partial charge is 0.270 e. The first-order valence-corrected chi connectivity index (χ1v) is 8.91. The van der Waals surface area contributed by atoms with E-state index in [1.54, 1.807) is 19.1 Å². The van der Waals surface area contributed by atoms with Gasteiger partial charge in [-0.05, 0) is 36.8 Å². The third-order valence-electron chi connectivity index (χ3n) is 4.57. The summed E-state index contributed by atoms with van der Waals surface area (Å²) < 4.78 is 14.6. The van der Waals surface area contributed by atoms with Crippen LogP contribution in [0.1, 0.15) is 15.9 Å². The van der Waals surface area contributed by atoms with Gasteiger partial charge in [-0.25, -0.2) is 9.37 Å². The van der Waals surface area contributed by atoms with Crippen molar-refractivity contribution in [3.05, 3.63) is 95.8 Å². The second-order valence-electron chi connectivity index (χ2n) is 6.41. The number of amides is 1. The maximum absolute atomic E-state index is 14.6. The van der Waals surface area contributed by atoms with Crippen LogP contribution in [0, 0.1) is 12.7 Å². The van der Waals surface area contributed by atoms with Crippen molar-refractivity contribution in [2.24, 2.45) is 0 Å². The Bertz CT molecular complexity index is 1140. The van der Waals surface area contributed by atoms with Gasteiger partial charge in [0, 0.05) is 10.9 Å². The van der Waals surface area contributed by atoms with E-state index in [2.05, 4.69) is 15.8 Å². The number of carbonyl (C=O) groups is 1. The number of nitrogens with one attached hydrogen (secondary N) is 2. The summed E-state index contributed by atoms with van der Waals surface area (Å²) in [6.07, 6.45) is 0. The van der Waals surface area contributed by atoms with Crippen molar-refractivity contribution in [3.63, 3.8) is 0 Å². The van der Waals surface area contributed by atoms with E-state index in [9.17, 15) is 9.18 Å². The lowest BCUT2D eigenvalue weighted by molar-refractivity contribution is 0.0963. The van der Waals surface area contributed by atoms with Crippen LogP contribution in [0.3, 0.4) is 0 Å². The van der Waals surface area contributed by atoms with Gasteiger partial charge in [0.25, 0.3) is 5.91 Å². The van der Waals surface area contributed by atoms with Gasteiger partial charge in [0.1, 0.15) is 5.82 Å². The molecule has 1 aromatic heterocycles. The maximum atomic E-state index is 14.6. The van der Waals surface area contributed by atoms with Crippen LogP contribution >= 0.6 is 0 Å². The van der Waals surface area contributed by atoms with E-state index in [1.165, 1.54) is 6.07 Å². The number of hydrogen-bond donors (Lipinski definition) is 2. The molecule has 0 saturated heterocycles. The van der Waals surface area contributed by atoms with Crippen molar-refractivity contribution in [1.82, 2.24) is 10.4 Å². The molecule has 1 heterocycles. The summed E-state index contributed by atoms with van der Waals surface area (Å²) in [6.45, 7) is 1.79. The average Bonchev–Trinajstić information content (AvgIpc) is 2.73. The normalized spacial score (nSPS) is 10.6. The molecule has 3 aromatic carbocycles. The Balaban J connectivity index is 1.83. The number of rotatable bonds is 4. The molecule has 0 bridgehead atoms. The molecule has 2 N–H and O–H groups in total. The first kappa shape index (κ1) is 17.7. The number of fused-ring (bicyclic) bond motifs is 1. The third-order valence-corrected chi connectivity index (χ3v) is 4.57.